The van der Waals surface area contributed by atoms with E-state index in [1.54, 1.807) is 11.3 Å². The van der Waals surface area contributed by atoms with Gasteiger partial charge in [0.25, 0.3) is 0 Å². The molecule has 0 radical (unpaired) electrons. The Morgan fingerprint density at radius 3 is 1.80 bits per heavy atom. The average Bonchev–Trinajstić information content (AvgIpc) is 3.89. The Balaban J connectivity index is 1.30. The van der Waals surface area contributed by atoms with Gasteiger partial charge in [-0.05, 0) is 64.4 Å². The van der Waals surface area contributed by atoms with E-state index in [4.69, 9.17) is 9.97 Å². The first kappa shape index (κ1) is 25.9. The van der Waals surface area contributed by atoms with E-state index in [0.717, 1.165) is 49.4 Å². The van der Waals surface area contributed by atoms with E-state index < -0.39 is 0 Å². The van der Waals surface area contributed by atoms with Gasteiger partial charge in [-0.3, -0.25) is 9.13 Å². The number of para-hydroxylation sites is 2. The highest BCUT2D eigenvalue weighted by Crippen LogP contribution is 2.52. The topological polar surface area (TPSA) is 35.6 Å². The molecule has 1 aliphatic carbocycles. The van der Waals surface area contributed by atoms with Crippen LogP contribution in [0.4, 0.5) is 0 Å². The number of aromatic nitrogens is 4. The molecule has 0 atom stereocenters. The number of benzene rings is 7. The lowest BCUT2D eigenvalue weighted by molar-refractivity contribution is 1.00. The minimum atomic E-state index is 0.832. The zero-order chi connectivity index (χ0) is 32.2. The summed E-state index contributed by atoms with van der Waals surface area (Å²) in [6, 6.07) is 48.7. The maximum atomic E-state index is 5.65. The van der Waals surface area contributed by atoms with Crippen molar-refractivity contribution in [2.24, 2.45) is 0 Å². The fraction of sp³-hybridized carbons (Fsp3) is 0. The summed E-state index contributed by atoms with van der Waals surface area (Å²) in [4.78, 5) is 12.2. The van der Waals surface area contributed by atoms with E-state index in [2.05, 4.69) is 143 Å². The van der Waals surface area contributed by atoms with Crippen LogP contribution in [0.1, 0.15) is 0 Å². The van der Waals surface area contributed by atoms with Gasteiger partial charge in [0.1, 0.15) is 10.3 Å². The molecule has 0 unspecified atom stereocenters. The molecule has 0 spiro atoms. The molecule has 0 bridgehead atoms. The Labute approximate surface area is 291 Å². The Hall–Kier alpha value is -6.08. The van der Waals surface area contributed by atoms with Crippen LogP contribution in [0.15, 0.2) is 133 Å². The number of fused-ring (bicyclic) bond motifs is 7. The molecule has 0 saturated heterocycles. The van der Waals surface area contributed by atoms with Crippen molar-refractivity contribution in [3.05, 3.63) is 133 Å². The van der Waals surface area contributed by atoms with Crippen molar-refractivity contribution >= 4 is 118 Å². The Bertz CT molecular complexity index is 3450. The van der Waals surface area contributed by atoms with Crippen LogP contribution in [0.5, 0.6) is 0 Å². The highest BCUT2D eigenvalue weighted by molar-refractivity contribution is 7.26. The molecular formula is C44H22N4S2. The van der Waals surface area contributed by atoms with Crippen molar-refractivity contribution in [1.82, 2.24) is 19.1 Å². The molecule has 13 rings (SSSR count). The molecule has 0 fully saturated rings. The highest BCUT2D eigenvalue weighted by Gasteiger charge is 2.28. The zero-order valence-corrected chi connectivity index (χ0v) is 27.9. The average molecular weight is 671 g/mol. The van der Waals surface area contributed by atoms with Gasteiger partial charge in [-0.15, -0.1) is 22.7 Å². The second-order valence-electron chi connectivity index (χ2n) is 13.3. The summed E-state index contributed by atoms with van der Waals surface area (Å²) < 4.78 is 8.59. The van der Waals surface area contributed by atoms with Gasteiger partial charge < -0.3 is 0 Å². The van der Waals surface area contributed by atoms with E-state index in [1.165, 1.54) is 68.3 Å². The lowest BCUT2D eigenvalue weighted by Crippen LogP contribution is -2.08. The largest absolute Gasteiger partial charge is 0.291 e. The standard InChI is InChI=1S/C44H22N4S2/c1-4-15-29-24(10-1)25-11-2-5-16-30(25)47(29)42-43(46-44-41(45-42)28-12-3-6-17-33(28)50-44)48-31-20-19-23-9-7-13-26-27-14-8-18-34-37(27)40-35(49-34)22-21-32(48)39(40)38(31)36(23)26/h1-22H. The van der Waals surface area contributed by atoms with Gasteiger partial charge in [-0.1, -0.05) is 91.0 Å². The van der Waals surface area contributed by atoms with Gasteiger partial charge >= 0.3 is 0 Å². The molecule has 0 saturated carbocycles. The molecule has 5 aromatic heterocycles. The maximum Gasteiger partial charge on any atom is 0.183 e. The van der Waals surface area contributed by atoms with Crippen LogP contribution < -0.4 is 0 Å². The predicted octanol–water partition coefficient (Wildman–Crippen LogP) is 12.5. The van der Waals surface area contributed by atoms with Gasteiger partial charge in [0, 0.05) is 51.8 Å². The second kappa shape index (κ2) is 8.93. The molecule has 6 heteroatoms. The number of hydrogen-bond acceptors (Lipinski definition) is 4. The van der Waals surface area contributed by atoms with Crippen LogP contribution in [0.3, 0.4) is 0 Å². The third-order valence-electron chi connectivity index (χ3n) is 10.9. The molecule has 12 aromatic rings. The van der Waals surface area contributed by atoms with Crippen molar-refractivity contribution in [3.63, 3.8) is 0 Å². The summed E-state index contributed by atoms with van der Waals surface area (Å²) in [6.07, 6.45) is 0. The summed E-state index contributed by atoms with van der Waals surface area (Å²) in [6.45, 7) is 0. The fourth-order valence-electron chi connectivity index (χ4n) is 8.91. The molecule has 0 aliphatic heterocycles. The number of thiophene rings is 2. The molecule has 4 nitrogen and oxygen atoms in total. The normalized spacial score (nSPS) is 12.8. The van der Waals surface area contributed by atoms with E-state index in [-0.39, 0.29) is 0 Å². The summed E-state index contributed by atoms with van der Waals surface area (Å²) in [5.74, 6) is 1.67. The molecule has 5 heterocycles. The van der Waals surface area contributed by atoms with Gasteiger partial charge in [-0.2, -0.15) is 0 Å². The monoisotopic (exact) mass is 670 g/mol. The zero-order valence-electron chi connectivity index (χ0n) is 26.3. The van der Waals surface area contributed by atoms with Gasteiger partial charge in [-0.25, -0.2) is 9.97 Å². The molecule has 50 heavy (non-hydrogen) atoms. The molecule has 0 N–H and O–H groups in total. The first-order valence-electron chi connectivity index (χ1n) is 16.8. The molecule has 230 valence electrons. The summed E-state index contributed by atoms with van der Waals surface area (Å²) in [7, 11) is 0. The highest BCUT2D eigenvalue weighted by atomic mass is 32.1. The van der Waals surface area contributed by atoms with E-state index in [0.29, 0.717) is 0 Å². The van der Waals surface area contributed by atoms with E-state index >= 15 is 0 Å². The van der Waals surface area contributed by atoms with Crippen molar-refractivity contribution < 1.29 is 0 Å². The number of hydrogen-bond donors (Lipinski definition) is 0. The van der Waals surface area contributed by atoms with E-state index in [1.807, 2.05) is 11.3 Å². The van der Waals surface area contributed by atoms with Crippen LogP contribution in [-0.2, 0) is 0 Å². The molecule has 7 aromatic carbocycles. The number of rotatable bonds is 2. The first-order valence-corrected chi connectivity index (χ1v) is 18.5. The minimum Gasteiger partial charge on any atom is -0.291 e. The summed E-state index contributed by atoms with van der Waals surface area (Å²) >= 11 is 3.61. The predicted molar refractivity (Wildman–Crippen MR) is 213 cm³/mol. The van der Waals surface area contributed by atoms with Crippen LogP contribution in [-0.4, -0.2) is 19.1 Å². The Kier molecular flexibility index (Phi) is 4.62. The van der Waals surface area contributed by atoms with Crippen LogP contribution in [0, 0.1) is 0 Å². The van der Waals surface area contributed by atoms with Gasteiger partial charge in [0.2, 0.25) is 0 Å². The van der Waals surface area contributed by atoms with Crippen LogP contribution in [0.2, 0.25) is 0 Å². The van der Waals surface area contributed by atoms with Crippen molar-refractivity contribution in [2.75, 3.05) is 0 Å². The minimum absolute atomic E-state index is 0.832. The molecular weight excluding hydrogens is 649 g/mol. The molecule has 0 amide bonds. The van der Waals surface area contributed by atoms with Gasteiger partial charge in [0.05, 0.1) is 22.1 Å². The lowest BCUT2D eigenvalue weighted by Gasteiger charge is -2.16. The Morgan fingerprint density at radius 2 is 0.980 bits per heavy atom. The third-order valence-corrected chi connectivity index (χ3v) is 13.0. The SMILES string of the molecule is c1cc2c3c(c1)ccc1c3c3c4c(ccc3n1-c1nc3sc5ccccc5c3nc1-n1c3ccccc3c3ccccc31)sc1cccc-2c14. The van der Waals surface area contributed by atoms with Crippen molar-refractivity contribution in [1.29, 1.82) is 0 Å². The van der Waals surface area contributed by atoms with E-state index in [9.17, 15) is 0 Å². The van der Waals surface area contributed by atoms with Gasteiger partial charge in [0.15, 0.2) is 11.6 Å². The Morgan fingerprint density at radius 1 is 0.380 bits per heavy atom. The fourth-order valence-corrected chi connectivity index (χ4v) is 11.1. The van der Waals surface area contributed by atoms with Crippen LogP contribution >= 0.6 is 22.7 Å². The van der Waals surface area contributed by atoms with Crippen molar-refractivity contribution in [2.45, 2.75) is 0 Å². The summed E-state index contributed by atoms with van der Waals surface area (Å²) in [5.41, 5.74) is 8.10. The number of nitrogens with zero attached hydrogens (tertiary/aromatic N) is 4. The quantitative estimate of drug-likeness (QED) is 0.183. The lowest BCUT2D eigenvalue weighted by atomic mass is 9.95. The first-order chi connectivity index (χ1) is 24.8. The smallest absolute Gasteiger partial charge is 0.183 e. The summed E-state index contributed by atoms with van der Waals surface area (Å²) in [5, 5.41) is 11.4. The third kappa shape index (κ3) is 3.00. The van der Waals surface area contributed by atoms with Crippen LogP contribution in [0.25, 0.3) is 118 Å². The molecule has 1 aliphatic rings. The second-order valence-corrected chi connectivity index (χ2v) is 15.4. The van der Waals surface area contributed by atoms with Crippen molar-refractivity contribution in [3.8, 4) is 22.8 Å². The maximum absolute atomic E-state index is 5.65.